The molecule has 0 bridgehead atoms. The predicted octanol–water partition coefficient (Wildman–Crippen LogP) is 4.93. The van der Waals surface area contributed by atoms with E-state index in [9.17, 15) is 0 Å². The molecule has 3 nitrogen and oxygen atoms in total. The van der Waals surface area contributed by atoms with Gasteiger partial charge in [-0.2, -0.15) is 0 Å². The van der Waals surface area contributed by atoms with Gasteiger partial charge in [0.1, 0.15) is 16.2 Å². The lowest BCUT2D eigenvalue weighted by atomic mass is 10.1. The minimum absolute atomic E-state index is 0.215. The third-order valence-electron chi connectivity index (χ3n) is 3.47. The third-order valence-corrected chi connectivity index (χ3v) is 3.87. The van der Waals surface area contributed by atoms with Crippen molar-refractivity contribution in [3.05, 3.63) is 51.9 Å². The third kappa shape index (κ3) is 4.53. The zero-order valence-electron chi connectivity index (χ0n) is 12.9. The number of nitrogens with one attached hydrogen (secondary N) is 1. The molecule has 0 fully saturated rings. The van der Waals surface area contributed by atoms with Crippen molar-refractivity contribution < 1.29 is 0 Å². The minimum atomic E-state index is 0.215. The number of hydrogen-bond acceptors (Lipinski definition) is 3. The average molecular weight is 348 g/mol. The average Bonchev–Trinajstić information content (AvgIpc) is 2.47. The first-order chi connectivity index (χ1) is 10.1. The number of anilines is 1. The van der Waals surface area contributed by atoms with E-state index in [1.165, 1.54) is 11.1 Å². The summed E-state index contributed by atoms with van der Waals surface area (Å²) >= 11 is 3.46. The number of rotatable bonds is 6. The molecule has 1 unspecified atom stereocenters. The van der Waals surface area contributed by atoms with Gasteiger partial charge in [0.2, 0.25) is 0 Å². The van der Waals surface area contributed by atoms with Crippen LogP contribution in [0.3, 0.4) is 0 Å². The van der Waals surface area contributed by atoms with Crippen LogP contribution in [0.1, 0.15) is 50.2 Å². The number of nitrogens with zero attached hydrogens (tertiary/aromatic N) is 2. The molecule has 0 saturated heterocycles. The molecule has 4 heteroatoms. The van der Waals surface area contributed by atoms with Gasteiger partial charge in [-0.3, -0.25) is 0 Å². The van der Waals surface area contributed by atoms with Crippen molar-refractivity contribution in [3.63, 3.8) is 0 Å². The van der Waals surface area contributed by atoms with Gasteiger partial charge in [0.05, 0.1) is 0 Å². The lowest BCUT2D eigenvalue weighted by Crippen LogP contribution is -2.09. The Labute approximate surface area is 135 Å². The molecule has 1 heterocycles. The molecule has 2 rings (SSSR count). The fourth-order valence-corrected chi connectivity index (χ4v) is 2.64. The van der Waals surface area contributed by atoms with E-state index >= 15 is 0 Å². The molecule has 1 aromatic carbocycles. The van der Waals surface area contributed by atoms with E-state index < -0.39 is 0 Å². The Bertz CT molecular complexity index is 581. The van der Waals surface area contributed by atoms with E-state index in [1.54, 1.807) is 0 Å². The van der Waals surface area contributed by atoms with E-state index in [0.717, 1.165) is 35.5 Å². The van der Waals surface area contributed by atoms with E-state index in [-0.39, 0.29) is 6.04 Å². The second kappa shape index (κ2) is 7.55. The topological polar surface area (TPSA) is 37.8 Å². The molecule has 1 aromatic heterocycles. The number of aryl methyl sites for hydroxylation is 2. The van der Waals surface area contributed by atoms with Crippen LogP contribution in [0, 0.1) is 0 Å². The molecule has 0 amide bonds. The number of aromatic nitrogens is 2. The summed E-state index contributed by atoms with van der Waals surface area (Å²) in [5, 5.41) is 3.45. The van der Waals surface area contributed by atoms with Gasteiger partial charge in [0, 0.05) is 18.5 Å². The molecule has 0 aliphatic rings. The Morgan fingerprint density at radius 2 is 1.86 bits per heavy atom. The fourth-order valence-electron chi connectivity index (χ4n) is 2.22. The number of hydrogen-bond donors (Lipinski definition) is 1. The maximum atomic E-state index is 4.57. The van der Waals surface area contributed by atoms with Crippen LogP contribution in [0.2, 0.25) is 0 Å². The van der Waals surface area contributed by atoms with Crippen LogP contribution in [0.5, 0.6) is 0 Å². The SMILES string of the molecule is CCCc1nc(Br)cc(NC(C)c2ccc(CC)cc2)n1. The summed E-state index contributed by atoms with van der Waals surface area (Å²) < 4.78 is 0.831. The minimum Gasteiger partial charge on any atom is -0.363 e. The molecule has 0 radical (unpaired) electrons. The Kier molecular flexibility index (Phi) is 5.74. The molecule has 2 aromatic rings. The number of halogens is 1. The highest BCUT2D eigenvalue weighted by Gasteiger charge is 2.08. The molecule has 21 heavy (non-hydrogen) atoms. The molecule has 112 valence electrons. The van der Waals surface area contributed by atoms with E-state index in [0.29, 0.717) is 0 Å². The van der Waals surface area contributed by atoms with Crippen LogP contribution in [-0.4, -0.2) is 9.97 Å². The van der Waals surface area contributed by atoms with Crippen molar-refractivity contribution in [1.29, 1.82) is 0 Å². The standard InChI is InChI=1S/C17H22BrN3/c1-4-6-16-20-15(18)11-17(21-16)19-12(3)14-9-7-13(5-2)8-10-14/h7-12H,4-6H2,1-3H3,(H,19,20,21). The summed E-state index contributed by atoms with van der Waals surface area (Å²) in [6.45, 7) is 6.45. The Morgan fingerprint density at radius 1 is 1.14 bits per heavy atom. The fraction of sp³-hybridized carbons (Fsp3) is 0.412. The molecule has 1 N–H and O–H groups in total. The van der Waals surface area contributed by atoms with Gasteiger partial charge < -0.3 is 5.32 Å². The van der Waals surface area contributed by atoms with E-state index in [1.807, 2.05) is 6.07 Å². The van der Waals surface area contributed by atoms with Crippen LogP contribution < -0.4 is 5.32 Å². The highest BCUT2D eigenvalue weighted by atomic mass is 79.9. The maximum absolute atomic E-state index is 4.57. The Morgan fingerprint density at radius 3 is 2.48 bits per heavy atom. The second-order valence-electron chi connectivity index (χ2n) is 5.20. The molecule has 0 aliphatic carbocycles. The molecule has 0 spiro atoms. The smallest absolute Gasteiger partial charge is 0.132 e. The number of benzene rings is 1. The monoisotopic (exact) mass is 347 g/mol. The molecule has 1 atom stereocenters. The van der Waals surface area contributed by atoms with Gasteiger partial charge in [0.15, 0.2) is 0 Å². The van der Waals surface area contributed by atoms with Gasteiger partial charge >= 0.3 is 0 Å². The molecule has 0 aliphatic heterocycles. The van der Waals surface area contributed by atoms with Gasteiger partial charge in [-0.1, -0.05) is 38.1 Å². The van der Waals surface area contributed by atoms with Crippen molar-refractivity contribution >= 4 is 21.7 Å². The first kappa shape index (κ1) is 16.0. The maximum Gasteiger partial charge on any atom is 0.132 e. The lowest BCUT2D eigenvalue weighted by molar-refractivity contribution is 0.814. The Balaban J connectivity index is 2.12. The molecule has 0 saturated carbocycles. The van der Waals surface area contributed by atoms with Crippen LogP contribution >= 0.6 is 15.9 Å². The summed E-state index contributed by atoms with van der Waals surface area (Å²) in [5.41, 5.74) is 2.62. The van der Waals surface area contributed by atoms with Crippen LogP contribution in [0.4, 0.5) is 5.82 Å². The van der Waals surface area contributed by atoms with Crippen molar-refractivity contribution in [2.24, 2.45) is 0 Å². The van der Waals surface area contributed by atoms with Crippen LogP contribution in [-0.2, 0) is 12.8 Å². The summed E-state index contributed by atoms with van der Waals surface area (Å²) in [5.74, 6) is 1.75. The van der Waals surface area contributed by atoms with Gasteiger partial charge in [0.25, 0.3) is 0 Å². The Hall–Kier alpha value is -1.42. The van der Waals surface area contributed by atoms with Gasteiger partial charge in [-0.15, -0.1) is 0 Å². The van der Waals surface area contributed by atoms with Gasteiger partial charge in [-0.05, 0) is 46.8 Å². The summed E-state index contributed by atoms with van der Waals surface area (Å²) in [6.07, 6.45) is 3.01. The van der Waals surface area contributed by atoms with Crippen molar-refractivity contribution in [2.75, 3.05) is 5.32 Å². The predicted molar refractivity (Wildman–Crippen MR) is 91.6 cm³/mol. The van der Waals surface area contributed by atoms with Crippen LogP contribution in [0.15, 0.2) is 34.9 Å². The first-order valence-electron chi connectivity index (χ1n) is 7.51. The highest BCUT2D eigenvalue weighted by Crippen LogP contribution is 2.21. The van der Waals surface area contributed by atoms with Crippen LogP contribution in [0.25, 0.3) is 0 Å². The van der Waals surface area contributed by atoms with E-state index in [2.05, 4.69) is 76.3 Å². The largest absolute Gasteiger partial charge is 0.363 e. The highest BCUT2D eigenvalue weighted by molar-refractivity contribution is 9.10. The van der Waals surface area contributed by atoms with Gasteiger partial charge in [-0.25, -0.2) is 9.97 Å². The summed E-state index contributed by atoms with van der Waals surface area (Å²) in [7, 11) is 0. The zero-order valence-corrected chi connectivity index (χ0v) is 14.4. The van der Waals surface area contributed by atoms with Crippen molar-refractivity contribution in [1.82, 2.24) is 9.97 Å². The van der Waals surface area contributed by atoms with Crippen molar-refractivity contribution in [3.8, 4) is 0 Å². The molecular formula is C17H22BrN3. The second-order valence-corrected chi connectivity index (χ2v) is 6.02. The first-order valence-corrected chi connectivity index (χ1v) is 8.30. The zero-order chi connectivity index (χ0) is 15.2. The summed E-state index contributed by atoms with van der Waals surface area (Å²) in [4.78, 5) is 8.96. The normalized spacial score (nSPS) is 12.2. The summed E-state index contributed by atoms with van der Waals surface area (Å²) in [6, 6.07) is 10.9. The van der Waals surface area contributed by atoms with Crippen molar-refractivity contribution in [2.45, 2.75) is 46.1 Å². The van der Waals surface area contributed by atoms with E-state index in [4.69, 9.17) is 0 Å². The lowest BCUT2D eigenvalue weighted by Gasteiger charge is -2.16. The quantitative estimate of drug-likeness (QED) is 0.753. The molecular weight excluding hydrogens is 326 g/mol.